The molecule has 0 aliphatic rings. The lowest BCUT2D eigenvalue weighted by molar-refractivity contribution is -0.692. The van der Waals surface area contributed by atoms with Crippen LogP contribution in [0.3, 0.4) is 0 Å². The third-order valence-corrected chi connectivity index (χ3v) is 3.97. The molecule has 0 aliphatic carbocycles. The Morgan fingerprint density at radius 1 is 0.833 bits per heavy atom. The third-order valence-electron chi connectivity index (χ3n) is 3.30. The van der Waals surface area contributed by atoms with Gasteiger partial charge in [0.1, 0.15) is 6.54 Å². The van der Waals surface area contributed by atoms with Crippen LogP contribution in [0.5, 0.6) is 0 Å². The molecule has 0 N–H and O–H groups in total. The highest BCUT2D eigenvalue weighted by Gasteiger charge is 1.99. The van der Waals surface area contributed by atoms with Crippen LogP contribution in [0, 0.1) is 0 Å². The first-order valence-electron chi connectivity index (χ1n) is 7.34. The van der Waals surface area contributed by atoms with Gasteiger partial charge in [0.25, 0.3) is 0 Å². The smallest absolute Gasteiger partial charge is 0.224 e. The molecule has 0 atom stereocenters. The topological polar surface area (TPSA) is 3.88 Å². The molecule has 3 heteroatoms. The number of hydrogen-bond acceptors (Lipinski definition) is 1. The van der Waals surface area contributed by atoms with E-state index in [1.54, 1.807) is 11.3 Å². The Labute approximate surface area is 123 Å². The molecule has 1 aromatic heterocycles. The second-order valence-electron chi connectivity index (χ2n) is 4.95. The van der Waals surface area contributed by atoms with Crippen LogP contribution >= 0.6 is 11.3 Å². The Morgan fingerprint density at radius 2 is 1.39 bits per heavy atom. The summed E-state index contributed by atoms with van der Waals surface area (Å²) in [6.45, 7) is 3.49. The fourth-order valence-electron chi connectivity index (χ4n) is 2.17. The van der Waals surface area contributed by atoms with E-state index in [2.05, 4.69) is 28.6 Å². The van der Waals surface area contributed by atoms with E-state index in [4.69, 9.17) is 0 Å². The highest BCUT2D eigenvalue weighted by molar-refractivity contribution is 7.07. The Balaban J connectivity index is 0.00000289. The molecule has 0 saturated heterocycles. The van der Waals surface area contributed by atoms with Gasteiger partial charge in [0.2, 0.25) is 5.51 Å². The van der Waals surface area contributed by atoms with Crippen molar-refractivity contribution >= 4 is 11.3 Å². The van der Waals surface area contributed by atoms with Gasteiger partial charge in [0, 0.05) is 6.42 Å². The second-order valence-corrected chi connectivity index (χ2v) is 5.70. The molecule has 0 unspecified atom stereocenters. The zero-order valence-electron chi connectivity index (χ0n) is 11.7. The minimum Gasteiger partial charge on any atom is -1.00 e. The Bertz CT molecular complexity index is 249. The minimum absolute atomic E-state index is 0. The van der Waals surface area contributed by atoms with Crippen molar-refractivity contribution in [2.45, 2.75) is 77.7 Å². The van der Waals surface area contributed by atoms with Crippen molar-refractivity contribution in [2.24, 2.45) is 0 Å². The first-order valence-corrected chi connectivity index (χ1v) is 8.29. The average Bonchev–Trinajstić information content (AvgIpc) is 2.85. The summed E-state index contributed by atoms with van der Waals surface area (Å²) in [4.78, 5) is 0. The molecule has 1 rings (SSSR count). The van der Waals surface area contributed by atoms with Crippen molar-refractivity contribution in [1.29, 1.82) is 0 Å². The largest absolute Gasteiger partial charge is 1.00 e. The fraction of sp³-hybridized carbons (Fsp3) is 0.800. The number of nitrogens with zero attached hydrogens (tertiary/aromatic N) is 1. The molecule has 0 radical (unpaired) electrons. The van der Waals surface area contributed by atoms with E-state index in [1.165, 1.54) is 70.8 Å². The van der Waals surface area contributed by atoms with Gasteiger partial charge in [-0.1, -0.05) is 69.6 Å². The first kappa shape index (κ1) is 17.9. The van der Waals surface area contributed by atoms with Crippen molar-refractivity contribution in [3.8, 4) is 0 Å². The molecule has 18 heavy (non-hydrogen) atoms. The van der Waals surface area contributed by atoms with Crippen molar-refractivity contribution in [2.75, 3.05) is 0 Å². The van der Waals surface area contributed by atoms with Gasteiger partial charge in [-0.05, 0) is 6.42 Å². The van der Waals surface area contributed by atoms with Gasteiger partial charge in [-0.2, -0.15) is 4.57 Å². The summed E-state index contributed by atoms with van der Waals surface area (Å²) < 4.78 is 2.30. The van der Waals surface area contributed by atoms with Gasteiger partial charge in [-0.15, -0.1) is 0 Å². The monoisotopic (exact) mass is 289 g/mol. The fourth-order valence-corrected chi connectivity index (χ4v) is 2.80. The average molecular weight is 290 g/mol. The maximum atomic E-state index is 2.30. The molecule has 1 nitrogen and oxygen atoms in total. The van der Waals surface area contributed by atoms with Gasteiger partial charge in [-0.3, -0.25) is 0 Å². The normalized spacial score (nSPS) is 10.3. The van der Waals surface area contributed by atoms with Crippen molar-refractivity contribution in [3.05, 3.63) is 17.1 Å². The van der Waals surface area contributed by atoms with E-state index in [0.717, 1.165) is 0 Å². The molecular weight excluding hydrogens is 262 g/mol. The molecular formula is C15H28ClNS. The minimum atomic E-state index is 0. The van der Waals surface area contributed by atoms with Gasteiger partial charge < -0.3 is 12.4 Å². The summed E-state index contributed by atoms with van der Waals surface area (Å²) in [7, 11) is 0. The number of halogens is 1. The number of rotatable bonds is 11. The standard InChI is InChI=1S/C15H28NS.ClH/c1-2-3-4-5-6-7-8-9-10-11-12-16-13-14-17-15-16;/h13-15H,2-12H2,1H3;1H/q+1;/p-1. The van der Waals surface area contributed by atoms with Crippen molar-refractivity contribution < 1.29 is 17.0 Å². The van der Waals surface area contributed by atoms with Gasteiger partial charge in [-0.25, -0.2) is 0 Å². The summed E-state index contributed by atoms with van der Waals surface area (Å²) in [5.41, 5.74) is 2.20. The lowest BCUT2D eigenvalue weighted by Gasteiger charge is -2.00. The molecule has 1 heterocycles. The number of aromatic nitrogens is 1. The zero-order chi connectivity index (χ0) is 12.2. The van der Waals surface area contributed by atoms with Crippen LogP contribution < -0.4 is 17.0 Å². The number of hydrogen-bond donors (Lipinski definition) is 0. The Morgan fingerprint density at radius 3 is 1.89 bits per heavy atom. The predicted molar refractivity (Wildman–Crippen MR) is 76.4 cm³/mol. The van der Waals surface area contributed by atoms with E-state index < -0.39 is 0 Å². The van der Waals surface area contributed by atoms with Crippen LogP contribution in [0.2, 0.25) is 0 Å². The molecule has 0 amide bonds. The highest BCUT2D eigenvalue weighted by Crippen LogP contribution is 2.10. The summed E-state index contributed by atoms with van der Waals surface area (Å²) in [6, 6.07) is 0. The second kappa shape index (κ2) is 13.4. The van der Waals surface area contributed by atoms with Crippen LogP contribution in [-0.2, 0) is 6.54 Å². The third kappa shape index (κ3) is 9.90. The maximum Gasteiger partial charge on any atom is 0.224 e. The quantitative estimate of drug-likeness (QED) is 0.433. The molecule has 1 aromatic rings. The number of aryl methyl sites for hydroxylation is 1. The number of thiazole rings is 1. The highest BCUT2D eigenvalue weighted by atomic mass is 35.5. The molecule has 106 valence electrons. The molecule has 0 saturated carbocycles. The van der Waals surface area contributed by atoms with Crippen LogP contribution in [0.25, 0.3) is 0 Å². The molecule has 0 aromatic carbocycles. The van der Waals surface area contributed by atoms with Crippen LogP contribution in [0.15, 0.2) is 17.1 Å². The first-order chi connectivity index (χ1) is 8.43. The van der Waals surface area contributed by atoms with E-state index in [-0.39, 0.29) is 12.4 Å². The maximum absolute atomic E-state index is 2.30. The number of unbranched alkanes of at least 4 members (excludes halogenated alkanes) is 9. The summed E-state index contributed by atoms with van der Waals surface area (Å²) in [5, 5.41) is 2.15. The predicted octanol–water partition coefficient (Wildman–Crippen LogP) is 1.96. The molecule has 0 bridgehead atoms. The zero-order valence-corrected chi connectivity index (χ0v) is 13.3. The summed E-state index contributed by atoms with van der Waals surface area (Å²) in [5.74, 6) is 0. The van der Waals surface area contributed by atoms with Crippen LogP contribution in [0.1, 0.15) is 71.1 Å². The molecule has 0 spiro atoms. The van der Waals surface area contributed by atoms with E-state index in [1.807, 2.05) is 0 Å². The van der Waals surface area contributed by atoms with E-state index >= 15 is 0 Å². The Kier molecular flexibility index (Phi) is 13.3. The van der Waals surface area contributed by atoms with Crippen LogP contribution in [-0.4, -0.2) is 0 Å². The van der Waals surface area contributed by atoms with Gasteiger partial charge >= 0.3 is 0 Å². The van der Waals surface area contributed by atoms with E-state index in [0.29, 0.717) is 0 Å². The summed E-state index contributed by atoms with van der Waals surface area (Å²) >= 11 is 1.78. The van der Waals surface area contributed by atoms with E-state index in [9.17, 15) is 0 Å². The SMILES string of the molecule is CCCCCCCCCCCC[n+]1ccsc1.[Cl-]. The van der Waals surface area contributed by atoms with Gasteiger partial charge in [0.05, 0.1) is 5.38 Å². The molecule has 0 aliphatic heterocycles. The molecule has 0 fully saturated rings. The lowest BCUT2D eigenvalue weighted by atomic mass is 10.1. The van der Waals surface area contributed by atoms with Crippen molar-refractivity contribution in [3.63, 3.8) is 0 Å². The summed E-state index contributed by atoms with van der Waals surface area (Å²) in [6.07, 6.45) is 16.4. The van der Waals surface area contributed by atoms with Crippen LogP contribution in [0.4, 0.5) is 0 Å². The van der Waals surface area contributed by atoms with Gasteiger partial charge in [0.15, 0.2) is 6.20 Å². The Hall–Kier alpha value is -0.0800. The van der Waals surface area contributed by atoms with Crippen molar-refractivity contribution in [1.82, 2.24) is 0 Å². The lowest BCUT2D eigenvalue weighted by Crippen LogP contribution is -3.00.